The third-order valence-corrected chi connectivity index (χ3v) is 5.84. The molecule has 3 aromatic rings. The van der Waals surface area contributed by atoms with E-state index in [1.165, 1.54) is 11.3 Å². The van der Waals surface area contributed by atoms with Crippen LogP contribution >= 0.6 is 22.9 Å². The smallest absolute Gasteiger partial charge is 0.408 e. The Morgan fingerprint density at radius 2 is 1.81 bits per heavy atom. The van der Waals surface area contributed by atoms with Gasteiger partial charge < -0.3 is 14.8 Å². The molecule has 0 aliphatic carbocycles. The highest BCUT2D eigenvalue weighted by atomic mass is 35.5. The largest absolute Gasteiger partial charge is 0.485 e. The van der Waals surface area contributed by atoms with Crippen molar-refractivity contribution in [3.05, 3.63) is 75.5 Å². The van der Waals surface area contributed by atoms with Crippen LogP contribution < -0.4 is 20.9 Å². The van der Waals surface area contributed by atoms with Crippen molar-refractivity contribution in [2.24, 2.45) is 5.92 Å². The van der Waals surface area contributed by atoms with E-state index in [-0.39, 0.29) is 24.8 Å². The zero-order valence-electron chi connectivity index (χ0n) is 19.7. The predicted molar refractivity (Wildman–Crippen MR) is 134 cm³/mol. The minimum absolute atomic E-state index is 0.0352. The topological polar surface area (TPSA) is 132 Å². The second kappa shape index (κ2) is 13.4. The molecule has 0 spiro atoms. The Bertz CT molecular complexity index is 1170. The number of thiazole rings is 1. The van der Waals surface area contributed by atoms with Crippen LogP contribution in [0.4, 0.5) is 4.79 Å². The Morgan fingerprint density at radius 3 is 2.53 bits per heavy atom. The maximum absolute atomic E-state index is 12.7. The van der Waals surface area contributed by atoms with Gasteiger partial charge in [0.1, 0.15) is 35.7 Å². The van der Waals surface area contributed by atoms with Gasteiger partial charge in [0.25, 0.3) is 11.8 Å². The van der Waals surface area contributed by atoms with E-state index >= 15 is 0 Å². The SMILES string of the molecule is CC(C)C[C@@H](NC(=O)OCc1ccncc1)C(=O)NNC(=O)c1csc(COc2ccccc2Cl)n1. The molecular weight excluding hydrogens is 506 g/mol. The van der Waals surface area contributed by atoms with Crippen LogP contribution in [0.2, 0.25) is 5.02 Å². The van der Waals surface area contributed by atoms with Gasteiger partial charge in [-0.2, -0.15) is 0 Å². The van der Waals surface area contributed by atoms with Gasteiger partial charge in [0.15, 0.2) is 0 Å². The molecule has 0 radical (unpaired) electrons. The van der Waals surface area contributed by atoms with Crippen LogP contribution in [0.1, 0.15) is 41.3 Å². The molecule has 1 atom stereocenters. The lowest BCUT2D eigenvalue weighted by molar-refractivity contribution is -0.124. The van der Waals surface area contributed by atoms with Gasteiger partial charge in [0.2, 0.25) is 0 Å². The fourth-order valence-electron chi connectivity index (χ4n) is 2.97. The Balaban J connectivity index is 1.49. The normalized spacial score (nSPS) is 11.4. The Hall–Kier alpha value is -3.70. The van der Waals surface area contributed by atoms with E-state index in [0.717, 1.165) is 5.56 Å². The number of nitrogens with zero attached hydrogens (tertiary/aromatic N) is 2. The summed E-state index contributed by atoms with van der Waals surface area (Å²) in [4.78, 5) is 45.5. The van der Waals surface area contributed by atoms with Crippen molar-refractivity contribution in [3.63, 3.8) is 0 Å². The van der Waals surface area contributed by atoms with E-state index in [9.17, 15) is 14.4 Å². The van der Waals surface area contributed by atoms with Crippen LogP contribution in [0.15, 0.2) is 54.2 Å². The van der Waals surface area contributed by atoms with Crippen molar-refractivity contribution in [2.75, 3.05) is 0 Å². The number of para-hydroxylation sites is 1. The maximum Gasteiger partial charge on any atom is 0.408 e. The molecule has 3 amide bonds. The molecule has 0 saturated heterocycles. The fraction of sp³-hybridized carbons (Fsp3) is 0.292. The van der Waals surface area contributed by atoms with Crippen LogP contribution in [-0.2, 0) is 22.7 Å². The van der Waals surface area contributed by atoms with Crippen molar-refractivity contribution < 1.29 is 23.9 Å². The fourth-order valence-corrected chi connectivity index (χ4v) is 3.84. The number of hydrogen-bond donors (Lipinski definition) is 3. The van der Waals surface area contributed by atoms with Crippen LogP contribution in [0, 0.1) is 5.92 Å². The quantitative estimate of drug-likeness (QED) is 0.338. The molecule has 0 unspecified atom stereocenters. The Labute approximate surface area is 217 Å². The van der Waals surface area contributed by atoms with E-state index in [2.05, 4.69) is 26.1 Å². The highest BCUT2D eigenvalue weighted by Gasteiger charge is 2.23. The second-order valence-corrected chi connectivity index (χ2v) is 9.40. The van der Waals surface area contributed by atoms with Crippen molar-refractivity contribution in [1.82, 2.24) is 26.1 Å². The molecule has 0 bridgehead atoms. The lowest BCUT2D eigenvalue weighted by atomic mass is 10.0. The van der Waals surface area contributed by atoms with Crippen LogP contribution in [0.25, 0.3) is 0 Å². The summed E-state index contributed by atoms with van der Waals surface area (Å²) in [7, 11) is 0. The van der Waals surface area contributed by atoms with Gasteiger partial charge in [-0.15, -0.1) is 11.3 Å². The molecule has 1 aromatic carbocycles. The van der Waals surface area contributed by atoms with E-state index in [1.807, 2.05) is 13.8 Å². The Kier molecular flexibility index (Phi) is 10.0. The number of carbonyl (C=O) groups excluding carboxylic acids is 3. The molecule has 3 rings (SSSR count). The number of hydrogen-bond acceptors (Lipinski definition) is 8. The molecule has 12 heteroatoms. The predicted octanol–water partition coefficient (Wildman–Crippen LogP) is 3.87. The summed E-state index contributed by atoms with van der Waals surface area (Å²) >= 11 is 7.30. The summed E-state index contributed by atoms with van der Waals surface area (Å²) in [6.07, 6.45) is 2.77. The van der Waals surface area contributed by atoms with E-state index in [1.54, 1.807) is 54.2 Å². The van der Waals surface area contributed by atoms with Gasteiger partial charge in [-0.1, -0.05) is 37.6 Å². The summed E-state index contributed by atoms with van der Waals surface area (Å²) in [5.74, 6) is -0.589. The third-order valence-electron chi connectivity index (χ3n) is 4.71. The number of rotatable bonds is 10. The number of alkyl carbamates (subject to hydrolysis) is 1. The zero-order valence-corrected chi connectivity index (χ0v) is 21.3. The molecule has 0 fully saturated rings. The molecule has 3 N–H and O–H groups in total. The van der Waals surface area contributed by atoms with Gasteiger partial charge >= 0.3 is 6.09 Å². The first-order valence-electron chi connectivity index (χ1n) is 11.1. The molecule has 0 aliphatic heterocycles. The Morgan fingerprint density at radius 1 is 1.06 bits per heavy atom. The average Bonchev–Trinajstić information content (AvgIpc) is 3.34. The monoisotopic (exact) mass is 531 g/mol. The van der Waals surface area contributed by atoms with Crippen LogP contribution in [0.5, 0.6) is 5.75 Å². The van der Waals surface area contributed by atoms with E-state index < -0.39 is 23.9 Å². The lowest BCUT2D eigenvalue weighted by Gasteiger charge is -2.20. The van der Waals surface area contributed by atoms with Gasteiger partial charge in [-0.05, 0) is 42.2 Å². The van der Waals surface area contributed by atoms with Crippen molar-refractivity contribution >= 4 is 40.8 Å². The summed E-state index contributed by atoms with van der Waals surface area (Å²) in [6.45, 7) is 3.98. The van der Waals surface area contributed by atoms with Crippen molar-refractivity contribution in [1.29, 1.82) is 0 Å². The van der Waals surface area contributed by atoms with Gasteiger partial charge in [-0.25, -0.2) is 9.78 Å². The first-order chi connectivity index (χ1) is 17.3. The molecule has 190 valence electrons. The third kappa shape index (κ3) is 8.51. The lowest BCUT2D eigenvalue weighted by Crippen LogP contribution is -2.52. The highest BCUT2D eigenvalue weighted by Crippen LogP contribution is 2.24. The molecule has 2 heterocycles. The van der Waals surface area contributed by atoms with E-state index in [0.29, 0.717) is 22.2 Å². The van der Waals surface area contributed by atoms with Crippen LogP contribution in [0.3, 0.4) is 0 Å². The number of ether oxygens (including phenoxy) is 2. The summed E-state index contributed by atoms with van der Waals surface area (Å²) < 4.78 is 10.8. The molecule has 0 saturated carbocycles. The molecule has 2 aromatic heterocycles. The number of hydrazine groups is 1. The first kappa shape index (κ1) is 26.9. The van der Waals surface area contributed by atoms with Gasteiger partial charge in [-0.3, -0.25) is 25.4 Å². The van der Waals surface area contributed by atoms with Crippen molar-refractivity contribution in [3.8, 4) is 5.75 Å². The van der Waals surface area contributed by atoms with Gasteiger partial charge in [0, 0.05) is 17.8 Å². The zero-order chi connectivity index (χ0) is 25.9. The average molecular weight is 532 g/mol. The molecule has 36 heavy (non-hydrogen) atoms. The first-order valence-corrected chi connectivity index (χ1v) is 12.3. The maximum atomic E-state index is 12.7. The number of amides is 3. The summed E-state index contributed by atoms with van der Waals surface area (Å²) in [6, 6.07) is 9.56. The number of pyridine rings is 1. The standard InChI is InChI=1S/C24H26ClN5O5S/c1-15(2)11-18(28-24(33)35-12-16-7-9-26-10-8-16)22(31)29-30-23(32)19-14-36-21(27-19)13-34-20-6-4-3-5-17(20)25/h3-10,14-15,18H,11-13H2,1-2H3,(H,28,33)(H,29,31)(H,30,32)/t18-/m1/s1. The number of nitrogens with one attached hydrogen (secondary N) is 3. The minimum Gasteiger partial charge on any atom is -0.485 e. The minimum atomic E-state index is -0.912. The van der Waals surface area contributed by atoms with Crippen molar-refractivity contribution in [2.45, 2.75) is 39.5 Å². The van der Waals surface area contributed by atoms with Crippen LogP contribution in [-0.4, -0.2) is 33.9 Å². The number of halogens is 1. The van der Waals surface area contributed by atoms with Gasteiger partial charge in [0.05, 0.1) is 5.02 Å². The highest BCUT2D eigenvalue weighted by molar-refractivity contribution is 7.09. The molecule has 0 aliphatic rings. The number of carbonyl (C=O) groups is 3. The molecule has 10 nitrogen and oxygen atoms in total. The molecular formula is C24H26ClN5O5S. The summed E-state index contributed by atoms with van der Waals surface area (Å²) in [5, 5.41) is 5.12. The number of benzene rings is 1. The van der Waals surface area contributed by atoms with E-state index in [4.69, 9.17) is 21.1 Å². The second-order valence-electron chi connectivity index (χ2n) is 8.05. The summed E-state index contributed by atoms with van der Waals surface area (Å²) in [5.41, 5.74) is 5.54. The number of aromatic nitrogens is 2.